The number of para-hydroxylation sites is 1. The van der Waals surface area contributed by atoms with Gasteiger partial charge in [-0.05, 0) is 17.7 Å². The van der Waals surface area contributed by atoms with Gasteiger partial charge >= 0.3 is 0 Å². The van der Waals surface area contributed by atoms with E-state index in [-0.39, 0.29) is 0 Å². The summed E-state index contributed by atoms with van der Waals surface area (Å²) in [4.78, 5) is 1.86. The van der Waals surface area contributed by atoms with E-state index in [1.807, 2.05) is 54.6 Å². The van der Waals surface area contributed by atoms with Crippen molar-refractivity contribution < 1.29 is 0 Å². The van der Waals surface area contributed by atoms with Crippen LogP contribution in [-0.4, -0.2) is 0 Å². The van der Waals surface area contributed by atoms with Crippen LogP contribution in [0, 0.1) is 11.3 Å². The molecule has 0 atom stereocenters. The maximum atomic E-state index is 8.87. The Balaban J connectivity index is 2.33. The van der Waals surface area contributed by atoms with E-state index in [0.29, 0.717) is 0 Å². The van der Waals surface area contributed by atoms with Gasteiger partial charge in [0.05, 0.1) is 6.07 Å². The van der Waals surface area contributed by atoms with Crippen LogP contribution in [0.1, 0.15) is 5.56 Å². The Hall–Kier alpha value is -2.18. The van der Waals surface area contributed by atoms with Crippen LogP contribution in [0.15, 0.2) is 65.6 Å². The van der Waals surface area contributed by atoms with Gasteiger partial charge in [0.15, 0.2) is 0 Å². The summed E-state index contributed by atoms with van der Waals surface area (Å²) in [5.41, 5.74) is 7.66. The van der Waals surface area contributed by atoms with Crippen LogP contribution in [0.5, 0.6) is 0 Å². The molecule has 2 nitrogen and oxygen atoms in total. The van der Waals surface area contributed by atoms with Crippen LogP contribution in [0.3, 0.4) is 0 Å². The minimum absolute atomic E-state index is 0.724. The molecule has 0 aromatic heterocycles. The molecule has 0 aliphatic rings. The lowest BCUT2D eigenvalue weighted by Gasteiger charge is -2.08. The Morgan fingerprint density at radius 1 is 1.06 bits per heavy atom. The molecule has 18 heavy (non-hydrogen) atoms. The van der Waals surface area contributed by atoms with Gasteiger partial charge in [-0.25, -0.2) is 0 Å². The van der Waals surface area contributed by atoms with Crippen LogP contribution in [-0.2, 0) is 0 Å². The number of nitrogens with two attached hydrogens (primary N) is 1. The lowest BCUT2D eigenvalue weighted by molar-refractivity contribution is 1.47. The second-order valence-corrected chi connectivity index (χ2v) is 4.73. The summed E-state index contributed by atoms with van der Waals surface area (Å²) in [6, 6.07) is 19.6. The third kappa shape index (κ3) is 2.93. The molecule has 0 radical (unpaired) electrons. The first-order valence-electron chi connectivity index (χ1n) is 5.49. The molecule has 0 aliphatic heterocycles. The Bertz CT molecular complexity index is 597. The zero-order chi connectivity index (χ0) is 12.8. The topological polar surface area (TPSA) is 49.8 Å². The van der Waals surface area contributed by atoms with E-state index in [2.05, 4.69) is 6.07 Å². The van der Waals surface area contributed by atoms with Gasteiger partial charge in [0.25, 0.3) is 0 Å². The van der Waals surface area contributed by atoms with Gasteiger partial charge in [0.2, 0.25) is 0 Å². The highest BCUT2D eigenvalue weighted by atomic mass is 32.2. The lowest BCUT2D eigenvalue weighted by Crippen LogP contribution is -1.88. The van der Waals surface area contributed by atoms with E-state index in [9.17, 15) is 0 Å². The zero-order valence-electron chi connectivity index (χ0n) is 9.71. The van der Waals surface area contributed by atoms with E-state index in [0.717, 1.165) is 21.1 Å². The summed E-state index contributed by atoms with van der Waals surface area (Å²) in [6.07, 6.45) is 1.55. The fraction of sp³-hybridized carbons (Fsp3) is 0. The number of hydrogen-bond acceptors (Lipinski definition) is 3. The molecule has 0 heterocycles. The molecular weight excluding hydrogens is 240 g/mol. The van der Waals surface area contributed by atoms with Crippen molar-refractivity contribution in [2.24, 2.45) is 0 Å². The third-order valence-electron chi connectivity index (χ3n) is 2.39. The van der Waals surface area contributed by atoms with Gasteiger partial charge in [-0.3, -0.25) is 0 Å². The average molecular weight is 252 g/mol. The zero-order valence-corrected chi connectivity index (χ0v) is 10.5. The molecule has 88 valence electrons. The van der Waals surface area contributed by atoms with Gasteiger partial charge in [0.1, 0.15) is 0 Å². The van der Waals surface area contributed by atoms with Crippen LogP contribution in [0.25, 0.3) is 4.91 Å². The van der Waals surface area contributed by atoms with Crippen molar-refractivity contribution in [1.82, 2.24) is 0 Å². The number of anilines is 1. The first kappa shape index (κ1) is 12.3. The van der Waals surface area contributed by atoms with E-state index < -0.39 is 0 Å². The van der Waals surface area contributed by atoms with Crippen molar-refractivity contribution in [3.8, 4) is 6.07 Å². The minimum Gasteiger partial charge on any atom is -0.398 e. The van der Waals surface area contributed by atoms with Crippen LogP contribution < -0.4 is 5.73 Å². The number of nitrogens with zero attached hydrogens (tertiary/aromatic N) is 1. The van der Waals surface area contributed by atoms with E-state index in [1.54, 1.807) is 6.08 Å². The maximum Gasteiger partial charge on any atom is 0.0924 e. The molecular formula is C15H12N2S. The quantitative estimate of drug-likeness (QED) is 0.511. The predicted molar refractivity (Wildman–Crippen MR) is 76.7 cm³/mol. The highest BCUT2D eigenvalue weighted by molar-refractivity contribution is 8.08. The summed E-state index contributed by atoms with van der Waals surface area (Å²) in [7, 11) is 0. The van der Waals surface area contributed by atoms with Gasteiger partial charge in [-0.2, -0.15) is 5.26 Å². The Kier molecular flexibility index (Phi) is 4.06. The molecule has 2 N–H and O–H groups in total. The molecule has 0 saturated carbocycles. The third-order valence-corrected chi connectivity index (χ3v) is 3.56. The highest BCUT2D eigenvalue weighted by Crippen LogP contribution is 2.36. The van der Waals surface area contributed by atoms with Crippen molar-refractivity contribution in [2.45, 2.75) is 4.90 Å². The molecule has 0 aliphatic carbocycles. The number of nitriles is 1. The Morgan fingerprint density at radius 3 is 2.39 bits per heavy atom. The van der Waals surface area contributed by atoms with Gasteiger partial charge in [0, 0.05) is 21.6 Å². The van der Waals surface area contributed by atoms with Crippen LogP contribution >= 0.6 is 11.8 Å². The van der Waals surface area contributed by atoms with Crippen LogP contribution in [0.4, 0.5) is 5.69 Å². The summed E-state index contributed by atoms with van der Waals surface area (Å²) >= 11 is 1.51. The summed E-state index contributed by atoms with van der Waals surface area (Å²) < 4.78 is 0. The molecule has 2 aromatic carbocycles. The van der Waals surface area contributed by atoms with Crippen molar-refractivity contribution >= 4 is 22.4 Å². The molecule has 0 unspecified atom stereocenters. The fourth-order valence-corrected chi connectivity index (χ4v) is 2.46. The van der Waals surface area contributed by atoms with Gasteiger partial charge in [-0.1, -0.05) is 54.2 Å². The Labute approximate surface area is 111 Å². The SMILES string of the molecule is N#C/C=C(/Sc1ccccc1N)c1ccccc1. The van der Waals surface area contributed by atoms with Crippen molar-refractivity contribution in [1.29, 1.82) is 5.26 Å². The smallest absolute Gasteiger partial charge is 0.0924 e. The Morgan fingerprint density at radius 2 is 1.72 bits per heavy atom. The summed E-state index contributed by atoms with van der Waals surface area (Å²) in [5.74, 6) is 0. The van der Waals surface area contributed by atoms with Gasteiger partial charge in [-0.15, -0.1) is 0 Å². The number of benzene rings is 2. The summed E-state index contributed by atoms with van der Waals surface area (Å²) in [5, 5.41) is 8.87. The molecule has 0 saturated heterocycles. The van der Waals surface area contributed by atoms with Gasteiger partial charge < -0.3 is 5.73 Å². The van der Waals surface area contributed by atoms with Crippen molar-refractivity contribution in [3.63, 3.8) is 0 Å². The molecule has 2 rings (SSSR count). The molecule has 0 bridgehead atoms. The minimum atomic E-state index is 0.724. The summed E-state index contributed by atoms with van der Waals surface area (Å²) in [6.45, 7) is 0. The predicted octanol–water partition coefficient (Wildman–Crippen LogP) is 3.93. The van der Waals surface area contributed by atoms with Crippen molar-refractivity contribution in [3.05, 3.63) is 66.2 Å². The normalized spacial score (nSPS) is 10.9. The standard InChI is InChI=1S/C15H12N2S/c16-11-10-14(12-6-2-1-3-7-12)18-15-9-5-4-8-13(15)17/h1-10H,17H2/b14-10+. The molecule has 0 spiro atoms. The molecule has 3 heteroatoms. The van der Waals surface area contributed by atoms with Crippen molar-refractivity contribution in [2.75, 3.05) is 5.73 Å². The number of hydrogen-bond donors (Lipinski definition) is 1. The monoisotopic (exact) mass is 252 g/mol. The molecule has 0 amide bonds. The van der Waals surface area contributed by atoms with E-state index >= 15 is 0 Å². The number of nitrogen functional groups attached to an aromatic ring is 1. The highest BCUT2D eigenvalue weighted by Gasteiger charge is 2.06. The first-order valence-corrected chi connectivity index (χ1v) is 6.30. The largest absolute Gasteiger partial charge is 0.398 e. The fourth-order valence-electron chi connectivity index (χ4n) is 1.52. The number of rotatable bonds is 3. The second kappa shape index (κ2) is 5.95. The molecule has 2 aromatic rings. The van der Waals surface area contributed by atoms with E-state index in [1.165, 1.54) is 11.8 Å². The number of allylic oxidation sites excluding steroid dienone is 1. The average Bonchev–Trinajstić information content (AvgIpc) is 2.42. The second-order valence-electron chi connectivity index (χ2n) is 3.64. The lowest BCUT2D eigenvalue weighted by atomic mass is 10.2. The molecule has 0 fully saturated rings. The van der Waals surface area contributed by atoms with Crippen LogP contribution in [0.2, 0.25) is 0 Å². The van der Waals surface area contributed by atoms with E-state index in [4.69, 9.17) is 11.0 Å². The maximum absolute atomic E-state index is 8.87. The number of thioether (sulfide) groups is 1. The first-order chi connectivity index (χ1) is 8.81.